The highest BCUT2D eigenvalue weighted by atomic mass is 16.1. The molecular formula is C5H12N2O. The fourth-order valence-corrected chi connectivity index (χ4v) is 0.363. The largest absolute Gasteiger partial charge is 0.341 e. The van der Waals surface area contributed by atoms with Crippen LogP contribution in [0, 0.1) is 0 Å². The summed E-state index contributed by atoms with van der Waals surface area (Å²) in [5, 5.41) is 2.53. The van der Waals surface area contributed by atoms with E-state index in [4.69, 9.17) is 5.73 Å². The van der Waals surface area contributed by atoms with Crippen LogP contribution in [0.2, 0.25) is 0 Å². The van der Waals surface area contributed by atoms with Gasteiger partial charge in [0.05, 0.1) is 6.17 Å². The van der Waals surface area contributed by atoms with Crippen LogP contribution in [0.4, 0.5) is 0 Å². The first-order valence-corrected chi connectivity index (χ1v) is 2.69. The molecule has 0 bridgehead atoms. The maximum atomic E-state index is 10.2. The number of hydrogen-bond acceptors (Lipinski definition) is 2. The number of amides is 1. The second-order valence-corrected chi connectivity index (χ2v) is 1.72. The Morgan fingerprint density at radius 2 is 2.38 bits per heavy atom. The summed E-state index contributed by atoms with van der Waals surface area (Å²) >= 11 is 0. The quantitative estimate of drug-likeness (QED) is 0.491. The van der Waals surface area contributed by atoms with E-state index in [1.807, 2.05) is 6.92 Å². The van der Waals surface area contributed by atoms with Crippen molar-refractivity contribution in [3.8, 4) is 0 Å². The summed E-state index contributed by atoms with van der Waals surface area (Å²) in [6.07, 6.45) is 0.604. The zero-order chi connectivity index (χ0) is 6.57. The van der Waals surface area contributed by atoms with Gasteiger partial charge in [-0.05, 0) is 6.42 Å². The van der Waals surface area contributed by atoms with E-state index in [2.05, 4.69) is 5.32 Å². The van der Waals surface area contributed by atoms with Gasteiger partial charge in [0.1, 0.15) is 0 Å². The summed E-state index contributed by atoms with van der Waals surface area (Å²) in [6, 6.07) is 0. The minimum Gasteiger partial charge on any atom is -0.341 e. The van der Waals surface area contributed by atoms with E-state index in [-0.39, 0.29) is 12.1 Å². The molecule has 0 saturated carbocycles. The van der Waals surface area contributed by atoms with Gasteiger partial charge < -0.3 is 11.1 Å². The summed E-state index contributed by atoms with van der Waals surface area (Å²) < 4.78 is 0. The highest BCUT2D eigenvalue weighted by molar-refractivity contribution is 5.73. The first kappa shape index (κ1) is 7.43. The molecule has 8 heavy (non-hydrogen) atoms. The highest BCUT2D eigenvalue weighted by Gasteiger charge is 1.96. The van der Waals surface area contributed by atoms with E-state index in [0.717, 1.165) is 6.42 Å². The predicted molar refractivity (Wildman–Crippen MR) is 32.1 cm³/mol. The molecule has 0 aliphatic carbocycles. The highest BCUT2D eigenvalue weighted by Crippen LogP contribution is 1.77. The van der Waals surface area contributed by atoms with Gasteiger partial charge in [0.15, 0.2) is 0 Å². The molecule has 0 aromatic carbocycles. The third kappa shape index (κ3) is 3.61. The fourth-order valence-electron chi connectivity index (χ4n) is 0.363. The second-order valence-electron chi connectivity index (χ2n) is 1.72. The molecule has 0 radical (unpaired) electrons. The van der Waals surface area contributed by atoms with Gasteiger partial charge in [-0.15, -0.1) is 0 Å². The van der Waals surface area contributed by atoms with E-state index < -0.39 is 0 Å². The van der Waals surface area contributed by atoms with Crippen LogP contribution in [0.25, 0.3) is 0 Å². The molecular weight excluding hydrogens is 104 g/mol. The Labute approximate surface area is 49.3 Å². The number of nitrogens with two attached hydrogens (primary N) is 1. The Balaban J connectivity index is 3.24. The third-order valence-corrected chi connectivity index (χ3v) is 0.828. The normalized spacial score (nSPS) is 12.9. The van der Waals surface area contributed by atoms with Crippen molar-refractivity contribution < 1.29 is 4.79 Å². The van der Waals surface area contributed by atoms with Crippen LogP contribution >= 0.6 is 0 Å². The number of hydrogen-bond donors (Lipinski definition) is 2. The first-order chi connectivity index (χ1) is 3.66. The van der Waals surface area contributed by atoms with Crippen LogP contribution in [0.5, 0.6) is 0 Å². The molecule has 3 nitrogen and oxygen atoms in total. The van der Waals surface area contributed by atoms with Crippen LogP contribution in [-0.4, -0.2) is 12.1 Å². The summed E-state index contributed by atoms with van der Waals surface area (Å²) in [6.45, 7) is 3.37. The summed E-state index contributed by atoms with van der Waals surface area (Å²) in [4.78, 5) is 10.2. The average molecular weight is 116 g/mol. The monoisotopic (exact) mass is 116 g/mol. The van der Waals surface area contributed by atoms with Crippen molar-refractivity contribution >= 4 is 5.91 Å². The molecule has 3 N–H and O–H groups in total. The van der Waals surface area contributed by atoms with Crippen molar-refractivity contribution in [1.29, 1.82) is 0 Å². The van der Waals surface area contributed by atoms with Crippen molar-refractivity contribution in [2.75, 3.05) is 0 Å². The summed E-state index contributed by atoms with van der Waals surface area (Å²) in [5.74, 6) is -0.0700. The van der Waals surface area contributed by atoms with E-state index in [1.165, 1.54) is 6.92 Å². The molecule has 0 spiro atoms. The molecule has 3 heteroatoms. The molecule has 0 aliphatic rings. The summed E-state index contributed by atoms with van der Waals surface area (Å²) in [5.41, 5.74) is 5.34. The van der Waals surface area contributed by atoms with Gasteiger partial charge in [-0.3, -0.25) is 4.79 Å². The van der Waals surface area contributed by atoms with Gasteiger partial charge in [-0.1, -0.05) is 6.92 Å². The smallest absolute Gasteiger partial charge is 0.218 e. The Morgan fingerprint density at radius 3 is 2.50 bits per heavy atom. The van der Waals surface area contributed by atoms with Gasteiger partial charge in [-0.25, -0.2) is 0 Å². The molecule has 48 valence electrons. The molecule has 0 aliphatic heterocycles. The zero-order valence-electron chi connectivity index (χ0n) is 5.27. The van der Waals surface area contributed by atoms with E-state index in [9.17, 15) is 4.79 Å². The zero-order valence-corrected chi connectivity index (χ0v) is 5.27. The molecule has 0 heterocycles. The lowest BCUT2D eigenvalue weighted by molar-refractivity contribution is -0.119. The van der Waals surface area contributed by atoms with Crippen molar-refractivity contribution in [3.63, 3.8) is 0 Å². The molecule has 0 saturated heterocycles. The molecule has 0 fully saturated rings. The van der Waals surface area contributed by atoms with Crippen molar-refractivity contribution in [3.05, 3.63) is 0 Å². The minimum atomic E-state index is -0.174. The number of carbonyl (C=O) groups excluding carboxylic acids is 1. The first-order valence-electron chi connectivity index (χ1n) is 2.69. The van der Waals surface area contributed by atoms with Crippen molar-refractivity contribution in [2.24, 2.45) is 5.73 Å². The molecule has 1 atom stereocenters. The van der Waals surface area contributed by atoms with Gasteiger partial charge in [0.25, 0.3) is 0 Å². The number of nitrogens with one attached hydrogen (secondary N) is 1. The van der Waals surface area contributed by atoms with Crippen LogP contribution in [0.3, 0.4) is 0 Å². The maximum Gasteiger partial charge on any atom is 0.218 e. The maximum absolute atomic E-state index is 10.2. The van der Waals surface area contributed by atoms with E-state index in [1.54, 1.807) is 0 Å². The standard InChI is InChI=1S/C5H12N2O/c1-3-5(6)7-4(2)8/h5H,3,6H2,1-2H3,(H,7,8). The Bertz CT molecular complexity index is 82.5. The van der Waals surface area contributed by atoms with E-state index >= 15 is 0 Å². The number of carbonyl (C=O) groups is 1. The fraction of sp³-hybridized carbons (Fsp3) is 0.800. The average Bonchev–Trinajstić information content (AvgIpc) is 1.65. The summed E-state index contributed by atoms with van der Waals surface area (Å²) in [7, 11) is 0. The van der Waals surface area contributed by atoms with Crippen molar-refractivity contribution in [2.45, 2.75) is 26.4 Å². The molecule has 1 amide bonds. The molecule has 0 rings (SSSR count). The Hall–Kier alpha value is -0.570. The van der Waals surface area contributed by atoms with Gasteiger partial charge in [-0.2, -0.15) is 0 Å². The topological polar surface area (TPSA) is 55.1 Å². The minimum absolute atomic E-state index is 0.0700. The van der Waals surface area contributed by atoms with Gasteiger partial charge in [0.2, 0.25) is 5.91 Å². The van der Waals surface area contributed by atoms with Crippen molar-refractivity contribution in [1.82, 2.24) is 5.32 Å². The van der Waals surface area contributed by atoms with Crippen LogP contribution in [0.1, 0.15) is 20.3 Å². The third-order valence-electron chi connectivity index (χ3n) is 0.828. The number of rotatable bonds is 2. The molecule has 0 aromatic heterocycles. The van der Waals surface area contributed by atoms with Crippen LogP contribution in [-0.2, 0) is 4.79 Å². The second kappa shape index (κ2) is 3.43. The SMILES string of the molecule is CCC(N)NC(C)=O. The lowest BCUT2D eigenvalue weighted by atomic mass is 10.4. The van der Waals surface area contributed by atoms with E-state index in [0.29, 0.717) is 0 Å². The van der Waals surface area contributed by atoms with Crippen LogP contribution in [0.15, 0.2) is 0 Å². The lowest BCUT2D eigenvalue weighted by Crippen LogP contribution is -2.39. The van der Waals surface area contributed by atoms with Crippen LogP contribution < -0.4 is 11.1 Å². The molecule has 1 unspecified atom stereocenters. The molecule has 0 aromatic rings. The van der Waals surface area contributed by atoms with Gasteiger partial charge in [0, 0.05) is 6.92 Å². The Kier molecular flexibility index (Phi) is 3.19. The van der Waals surface area contributed by atoms with Gasteiger partial charge >= 0.3 is 0 Å². The lowest BCUT2D eigenvalue weighted by Gasteiger charge is -2.07. The Morgan fingerprint density at radius 1 is 1.88 bits per heavy atom. The predicted octanol–water partition coefficient (Wildman–Crippen LogP) is -0.183.